The smallest absolute Gasteiger partial charge is 0.212 e. The molecule has 0 radical (unpaired) electrons. The Balaban J connectivity index is 3.56. The van der Waals surface area contributed by atoms with Crippen LogP contribution in [0.15, 0.2) is 0 Å². The van der Waals surface area contributed by atoms with Crippen molar-refractivity contribution >= 4 is 5.91 Å². The summed E-state index contributed by atoms with van der Waals surface area (Å²) >= 11 is 0. The van der Waals surface area contributed by atoms with Gasteiger partial charge in [0.15, 0.2) is 0 Å². The van der Waals surface area contributed by atoms with Crippen LogP contribution in [0.5, 0.6) is 0 Å². The standard InChI is InChI=1S/C20H41N2O2/c1-4-5-6-7-8-9-10-11-12-13-14-16-19(20(23)21-24)17-15-18-22(2)3/h19H,4-18H2,1-3H3,(H-,21,23,24)/q-1. The van der Waals surface area contributed by atoms with Gasteiger partial charge in [-0.05, 0) is 39.9 Å². The molecule has 1 unspecified atom stereocenters. The topological polar surface area (TPSA) is 55.4 Å². The molecule has 0 aliphatic heterocycles. The van der Waals surface area contributed by atoms with Gasteiger partial charge in [0.25, 0.3) is 0 Å². The molecule has 0 rings (SSSR count). The van der Waals surface area contributed by atoms with Gasteiger partial charge in [0.05, 0.1) is 0 Å². The molecule has 0 aliphatic carbocycles. The second-order valence-electron chi connectivity index (χ2n) is 7.43. The van der Waals surface area contributed by atoms with Crippen molar-refractivity contribution in [2.24, 2.45) is 5.92 Å². The van der Waals surface area contributed by atoms with Crippen molar-refractivity contribution in [3.8, 4) is 0 Å². The van der Waals surface area contributed by atoms with Crippen molar-refractivity contribution in [3.05, 3.63) is 5.21 Å². The van der Waals surface area contributed by atoms with Crippen LogP contribution in [-0.2, 0) is 4.79 Å². The van der Waals surface area contributed by atoms with E-state index >= 15 is 0 Å². The number of nitrogens with one attached hydrogen (secondary N) is 1. The fourth-order valence-electron chi connectivity index (χ4n) is 3.20. The lowest BCUT2D eigenvalue weighted by Crippen LogP contribution is -2.27. The van der Waals surface area contributed by atoms with E-state index in [1.165, 1.54) is 64.2 Å². The van der Waals surface area contributed by atoms with E-state index in [1.54, 1.807) is 5.48 Å². The summed E-state index contributed by atoms with van der Waals surface area (Å²) in [5.74, 6) is -0.415. The third kappa shape index (κ3) is 14.9. The molecule has 0 saturated carbocycles. The highest BCUT2D eigenvalue weighted by Gasteiger charge is 2.15. The molecule has 144 valence electrons. The van der Waals surface area contributed by atoms with Gasteiger partial charge in [-0.25, -0.2) is 0 Å². The summed E-state index contributed by atoms with van der Waals surface area (Å²) in [6.45, 7) is 3.23. The molecule has 0 aliphatic rings. The van der Waals surface area contributed by atoms with Gasteiger partial charge in [-0.1, -0.05) is 77.6 Å². The molecule has 0 spiro atoms. The van der Waals surface area contributed by atoms with Crippen molar-refractivity contribution < 1.29 is 4.79 Å². The molecule has 0 aromatic carbocycles. The van der Waals surface area contributed by atoms with Crippen molar-refractivity contribution in [2.45, 2.75) is 96.8 Å². The minimum Gasteiger partial charge on any atom is -0.759 e. The van der Waals surface area contributed by atoms with Crippen molar-refractivity contribution in [2.75, 3.05) is 20.6 Å². The lowest BCUT2D eigenvalue weighted by atomic mass is 9.95. The van der Waals surface area contributed by atoms with Crippen LogP contribution in [0, 0.1) is 11.1 Å². The molecule has 4 heteroatoms. The Labute approximate surface area is 150 Å². The van der Waals surface area contributed by atoms with Crippen LogP contribution in [0.1, 0.15) is 96.8 Å². The molecule has 0 heterocycles. The summed E-state index contributed by atoms with van der Waals surface area (Å²) < 4.78 is 0. The van der Waals surface area contributed by atoms with Gasteiger partial charge in [0.2, 0.25) is 5.91 Å². The van der Waals surface area contributed by atoms with Crippen molar-refractivity contribution in [1.29, 1.82) is 0 Å². The lowest BCUT2D eigenvalue weighted by Gasteiger charge is -2.19. The van der Waals surface area contributed by atoms with E-state index in [0.717, 1.165) is 32.2 Å². The molecular weight excluding hydrogens is 300 g/mol. The number of carbonyl (C=O) groups excluding carboxylic acids is 1. The number of unbranched alkanes of at least 4 members (excludes halogenated alkanes) is 10. The summed E-state index contributed by atoms with van der Waals surface area (Å²) in [5.41, 5.74) is 1.59. The number of rotatable bonds is 17. The summed E-state index contributed by atoms with van der Waals surface area (Å²) in [4.78, 5) is 13.8. The number of amides is 1. The van der Waals surface area contributed by atoms with Crippen LogP contribution in [0.25, 0.3) is 0 Å². The maximum atomic E-state index is 11.7. The van der Waals surface area contributed by atoms with Gasteiger partial charge in [-0.2, -0.15) is 0 Å². The maximum Gasteiger partial charge on any atom is 0.212 e. The Kier molecular flexibility index (Phi) is 16.8. The normalized spacial score (nSPS) is 12.5. The van der Waals surface area contributed by atoms with E-state index < -0.39 is 0 Å². The van der Waals surface area contributed by atoms with E-state index in [9.17, 15) is 10.0 Å². The van der Waals surface area contributed by atoms with E-state index in [0.29, 0.717) is 0 Å². The first-order valence-electron chi connectivity index (χ1n) is 10.2. The largest absolute Gasteiger partial charge is 0.759 e. The van der Waals surface area contributed by atoms with E-state index in [1.807, 2.05) is 14.1 Å². The molecule has 1 amide bonds. The molecule has 0 aromatic heterocycles. The van der Waals surface area contributed by atoms with Crippen LogP contribution < -0.4 is 5.48 Å². The molecule has 1 atom stereocenters. The Morgan fingerprint density at radius 2 is 1.29 bits per heavy atom. The van der Waals surface area contributed by atoms with Gasteiger partial charge in [-0.3, -0.25) is 4.79 Å². The summed E-state index contributed by atoms with van der Waals surface area (Å²) in [6.07, 6.45) is 17.1. The molecule has 0 fully saturated rings. The first kappa shape index (κ1) is 23.4. The SMILES string of the molecule is CCCCCCCCCCCCCC(CCCN(C)C)C(=O)N[O-]. The summed E-state index contributed by atoms with van der Waals surface area (Å²) in [5, 5.41) is 10.7. The Bertz CT molecular complexity index is 283. The number of hydroxylamine groups is 1. The fourth-order valence-corrected chi connectivity index (χ4v) is 3.20. The number of hydrogen-bond acceptors (Lipinski definition) is 3. The second kappa shape index (κ2) is 17.2. The Morgan fingerprint density at radius 1 is 0.833 bits per heavy atom. The third-order valence-corrected chi connectivity index (χ3v) is 4.79. The highest BCUT2D eigenvalue weighted by Crippen LogP contribution is 2.18. The zero-order valence-corrected chi connectivity index (χ0v) is 16.4. The van der Waals surface area contributed by atoms with E-state index in [-0.39, 0.29) is 11.8 Å². The van der Waals surface area contributed by atoms with Crippen LogP contribution in [0.4, 0.5) is 0 Å². The van der Waals surface area contributed by atoms with Gasteiger partial charge < -0.3 is 15.6 Å². The quantitative estimate of drug-likeness (QED) is 0.290. The zero-order valence-electron chi connectivity index (χ0n) is 16.4. The lowest BCUT2D eigenvalue weighted by molar-refractivity contribution is -0.124. The van der Waals surface area contributed by atoms with Gasteiger partial charge in [0, 0.05) is 5.92 Å². The average Bonchev–Trinajstić information content (AvgIpc) is 2.57. The van der Waals surface area contributed by atoms with E-state index in [4.69, 9.17) is 0 Å². The Hall–Kier alpha value is -0.610. The minimum absolute atomic E-state index is 0.0963. The summed E-state index contributed by atoms with van der Waals surface area (Å²) in [7, 11) is 4.07. The average molecular weight is 342 g/mol. The van der Waals surface area contributed by atoms with Gasteiger partial charge in [0.1, 0.15) is 0 Å². The molecule has 4 nitrogen and oxygen atoms in total. The minimum atomic E-state index is -0.319. The van der Waals surface area contributed by atoms with Crippen LogP contribution in [-0.4, -0.2) is 31.4 Å². The molecular formula is C20H41N2O2-. The monoisotopic (exact) mass is 341 g/mol. The first-order chi connectivity index (χ1) is 11.6. The summed E-state index contributed by atoms with van der Waals surface area (Å²) in [6, 6.07) is 0. The molecule has 0 bridgehead atoms. The van der Waals surface area contributed by atoms with E-state index in [2.05, 4.69) is 11.8 Å². The molecule has 0 saturated heterocycles. The predicted molar refractivity (Wildman–Crippen MR) is 104 cm³/mol. The zero-order chi connectivity index (χ0) is 18.0. The number of hydrogen-bond donors (Lipinski definition) is 1. The fraction of sp³-hybridized carbons (Fsp3) is 0.950. The molecule has 0 aromatic rings. The highest BCUT2D eigenvalue weighted by molar-refractivity contribution is 5.78. The van der Waals surface area contributed by atoms with Crippen LogP contribution in [0.3, 0.4) is 0 Å². The van der Waals surface area contributed by atoms with Crippen LogP contribution >= 0.6 is 0 Å². The molecule has 1 N–H and O–H groups in total. The third-order valence-electron chi connectivity index (χ3n) is 4.79. The maximum absolute atomic E-state index is 11.7. The number of nitrogens with zero attached hydrogens (tertiary/aromatic N) is 1. The Morgan fingerprint density at radius 3 is 1.75 bits per heavy atom. The molecule has 24 heavy (non-hydrogen) atoms. The van der Waals surface area contributed by atoms with Gasteiger partial charge in [-0.15, -0.1) is 0 Å². The number of carbonyl (C=O) groups is 1. The van der Waals surface area contributed by atoms with Crippen LogP contribution in [0.2, 0.25) is 0 Å². The van der Waals surface area contributed by atoms with Crippen molar-refractivity contribution in [1.82, 2.24) is 10.4 Å². The predicted octanol–water partition coefficient (Wildman–Crippen LogP) is 5.26. The van der Waals surface area contributed by atoms with Gasteiger partial charge >= 0.3 is 0 Å². The second-order valence-corrected chi connectivity index (χ2v) is 7.43. The highest BCUT2D eigenvalue weighted by atomic mass is 16.5. The van der Waals surface area contributed by atoms with Crippen molar-refractivity contribution in [3.63, 3.8) is 0 Å². The first-order valence-corrected chi connectivity index (χ1v) is 10.2.